The van der Waals surface area contributed by atoms with Gasteiger partial charge in [-0.3, -0.25) is 4.79 Å². The van der Waals surface area contributed by atoms with Gasteiger partial charge in [0.2, 0.25) is 6.10 Å². The number of hydrogen-bond acceptors (Lipinski definition) is 3. The lowest BCUT2D eigenvalue weighted by Gasteiger charge is -2.25. The van der Waals surface area contributed by atoms with Gasteiger partial charge in [0.15, 0.2) is 11.5 Å². The molecule has 108 valence electrons. The molecule has 0 radical (unpaired) electrons. The minimum atomic E-state index is -0.973. The van der Waals surface area contributed by atoms with Crippen molar-refractivity contribution in [3.05, 3.63) is 54.1 Å². The van der Waals surface area contributed by atoms with Crippen LogP contribution in [0.25, 0.3) is 0 Å². The molecule has 0 aliphatic carbocycles. The molecule has 0 bridgehead atoms. The molecule has 0 unspecified atom stereocenters. The lowest BCUT2D eigenvalue weighted by Crippen LogP contribution is -2.40. The average Bonchev–Trinajstić information content (AvgIpc) is 2.50. The predicted molar refractivity (Wildman–Crippen MR) is 71.3 cm³/mol. The van der Waals surface area contributed by atoms with E-state index in [0.717, 1.165) is 12.1 Å². The number of para-hydroxylation sites is 3. The van der Waals surface area contributed by atoms with Crippen LogP contribution in [-0.2, 0) is 4.79 Å². The van der Waals surface area contributed by atoms with E-state index in [1.807, 2.05) is 0 Å². The van der Waals surface area contributed by atoms with Gasteiger partial charge in [-0.1, -0.05) is 18.2 Å². The zero-order valence-corrected chi connectivity index (χ0v) is 10.8. The SMILES string of the molecule is O=C(Nc1c(F)cccc1F)[C@@H]1COc2ccccc2O1. The molecule has 2 aromatic carbocycles. The average molecular weight is 291 g/mol. The highest BCUT2D eigenvalue weighted by molar-refractivity contribution is 5.95. The number of carbonyl (C=O) groups is 1. The van der Waals surface area contributed by atoms with Gasteiger partial charge in [-0.05, 0) is 24.3 Å². The summed E-state index contributed by atoms with van der Waals surface area (Å²) in [6, 6.07) is 10.2. The molecule has 1 aliphatic rings. The minimum absolute atomic E-state index is 0.0289. The molecular formula is C15H11F2NO3. The topological polar surface area (TPSA) is 47.6 Å². The van der Waals surface area contributed by atoms with E-state index < -0.39 is 29.3 Å². The summed E-state index contributed by atoms with van der Waals surface area (Å²) in [5.41, 5.74) is -0.495. The molecule has 1 amide bonds. The Labute approximate surface area is 119 Å². The number of halogens is 2. The normalized spacial score (nSPS) is 16.4. The smallest absolute Gasteiger partial charge is 0.269 e. The monoisotopic (exact) mass is 291 g/mol. The van der Waals surface area contributed by atoms with Crippen LogP contribution in [0.5, 0.6) is 11.5 Å². The number of amides is 1. The van der Waals surface area contributed by atoms with Gasteiger partial charge in [0, 0.05) is 0 Å². The lowest BCUT2D eigenvalue weighted by atomic mass is 10.2. The summed E-state index contributed by atoms with van der Waals surface area (Å²) >= 11 is 0. The van der Waals surface area contributed by atoms with Gasteiger partial charge in [0.05, 0.1) is 0 Å². The van der Waals surface area contributed by atoms with Crippen LogP contribution in [-0.4, -0.2) is 18.6 Å². The van der Waals surface area contributed by atoms with Crippen molar-refractivity contribution in [3.8, 4) is 11.5 Å². The highest BCUT2D eigenvalue weighted by atomic mass is 19.1. The Balaban J connectivity index is 1.76. The quantitative estimate of drug-likeness (QED) is 0.925. The zero-order chi connectivity index (χ0) is 14.8. The number of benzene rings is 2. The van der Waals surface area contributed by atoms with Crippen molar-refractivity contribution >= 4 is 11.6 Å². The molecule has 0 aromatic heterocycles. The maximum atomic E-state index is 13.5. The summed E-state index contributed by atoms with van der Waals surface area (Å²) in [7, 11) is 0. The molecule has 21 heavy (non-hydrogen) atoms. The Morgan fingerprint density at radius 2 is 1.71 bits per heavy atom. The minimum Gasteiger partial charge on any atom is -0.485 e. The molecule has 1 atom stereocenters. The molecule has 0 saturated carbocycles. The molecule has 2 aromatic rings. The summed E-state index contributed by atoms with van der Waals surface area (Å²) in [6.45, 7) is -0.0289. The fourth-order valence-corrected chi connectivity index (χ4v) is 1.97. The number of carbonyl (C=O) groups excluding carboxylic acids is 1. The second kappa shape index (κ2) is 5.40. The third kappa shape index (κ3) is 2.65. The van der Waals surface area contributed by atoms with Crippen molar-refractivity contribution in [2.75, 3.05) is 11.9 Å². The molecular weight excluding hydrogens is 280 g/mol. The first-order valence-corrected chi connectivity index (χ1v) is 6.28. The van der Waals surface area contributed by atoms with E-state index >= 15 is 0 Å². The van der Waals surface area contributed by atoms with E-state index in [1.165, 1.54) is 6.07 Å². The summed E-state index contributed by atoms with van der Waals surface area (Å²) in [5.74, 6) is -1.43. The Bertz CT molecular complexity index is 670. The number of nitrogens with one attached hydrogen (secondary N) is 1. The van der Waals surface area contributed by atoms with Crippen LogP contribution in [0.3, 0.4) is 0 Å². The summed E-state index contributed by atoms with van der Waals surface area (Å²) in [6.07, 6.45) is -0.973. The van der Waals surface area contributed by atoms with Crippen LogP contribution in [0.2, 0.25) is 0 Å². The van der Waals surface area contributed by atoms with Crippen LogP contribution < -0.4 is 14.8 Å². The van der Waals surface area contributed by atoms with Crippen LogP contribution in [0.15, 0.2) is 42.5 Å². The van der Waals surface area contributed by atoms with Gasteiger partial charge in [0.25, 0.3) is 5.91 Å². The molecule has 4 nitrogen and oxygen atoms in total. The molecule has 1 N–H and O–H groups in total. The van der Waals surface area contributed by atoms with Crippen LogP contribution in [0, 0.1) is 11.6 Å². The third-order valence-electron chi connectivity index (χ3n) is 3.01. The second-order valence-electron chi connectivity index (χ2n) is 4.45. The molecule has 0 fully saturated rings. The number of hydrogen-bond donors (Lipinski definition) is 1. The standard InChI is InChI=1S/C15H11F2NO3/c16-9-4-3-5-10(17)14(9)18-15(19)13-8-20-11-6-1-2-7-12(11)21-13/h1-7,13H,8H2,(H,18,19)/t13-/m0/s1. The fourth-order valence-electron chi connectivity index (χ4n) is 1.97. The zero-order valence-electron chi connectivity index (χ0n) is 10.8. The Morgan fingerprint density at radius 1 is 1.05 bits per heavy atom. The molecule has 0 spiro atoms. The highest BCUT2D eigenvalue weighted by Crippen LogP contribution is 2.31. The van der Waals surface area contributed by atoms with Crippen molar-refractivity contribution in [3.63, 3.8) is 0 Å². The van der Waals surface area contributed by atoms with Crippen molar-refractivity contribution in [2.24, 2.45) is 0 Å². The maximum absolute atomic E-state index is 13.5. The van der Waals surface area contributed by atoms with Gasteiger partial charge in [-0.2, -0.15) is 0 Å². The third-order valence-corrected chi connectivity index (χ3v) is 3.01. The first-order chi connectivity index (χ1) is 10.1. The summed E-state index contributed by atoms with van der Waals surface area (Å²) in [4.78, 5) is 12.0. The van der Waals surface area contributed by atoms with Crippen LogP contribution in [0.4, 0.5) is 14.5 Å². The molecule has 1 aliphatic heterocycles. The molecule has 1 heterocycles. The number of ether oxygens (including phenoxy) is 2. The van der Waals surface area contributed by atoms with E-state index in [2.05, 4.69) is 5.32 Å². The fraction of sp³-hybridized carbons (Fsp3) is 0.133. The van der Waals surface area contributed by atoms with Crippen molar-refractivity contribution in [1.29, 1.82) is 0 Å². The number of fused-ring (bicyclic) bond motifs is 1. The number of rotatable bonds is 2. The van der Waals surface area contributed by atoms with E-state index in [4.69, 9.17) is 9.47 Å². The van der Waals surface area contributed by atoms with Crippen molar-refractivity contribution in [2.45, 2.75) is 6.10 Å². The van der Waals surface area contributed by atoms with Gasteiger partial charge >= 0.3 is 0 Å². The Kier molecular flexibility index (Phi) is 3.43. The van der Waals surface area contributed by atoms with Gasteiger partial charge < -0.3 is 14.8 Å². The Morgan fingerprint density at radius 3 is 2.43 bits per heavy atom. The maximum Gasteiger partial charge on any atom is 0.269 e. The van der Waals surface area contributed by atoms with E-state index in [0.29, 0.717) is 11.5 Å². The first kappa shape index (κ1) is 13.4. The van der Waals surface area contributed by atoms with Crippen LogP contribution >= 0.6 is 0 Å². The van der Waals surface area contributed by atoms with Crippen molar-refractivity contribution < 1.29 is 23.0 Å². The predicted octanol–water partition coefficient (Wildman–Crippen LogP) is 2.74. The molecule has 6 heteroatoms. The second-order valence-corrected chi connectivity index (χ2v) is 4.45. The summed E-state index contributed by atoms with van der Waals surface area (Å²) < 4.78 is 37.8. The Hall–Kier alpha value is -2.63. The largest absolute Gasteiger partial charge is 0.485 e. The van der Waals surface area contributed by atoms with Crippen LogP contribution in [0.1, 0.15) is 0 Å². The van der Waals surface area contributed by atoms with Gasteiger partial charge in [-0.15, -0.1) is 0 Å². The van der Waals surface area contributed by atoms with E-state index in [9.17, 15) is 13.6 Å². The molecule has 3 rings (SSSR count). The van der Waals surface area contributed by atoms with Gasteiger partial charge in [-0.25, -0.2) is 8.78 Å². The van der Waals surface area contributed by atoms with E-state index in [-0.39, 0.29) is 6.61 Å². The lowest BCUT2D eigenvalue weighted by molar-refractivity contribution is -0.125. The van der Waals surface area contributed by atoms with Gasteiger partial charge in [0.1, 0.15) is 23.9 Å². The summed E-state index contributed by atoms with van der Waals surface area (Å²) in [5, 5.41) is 2.19. The first-order valence-electron chi connectivity index (χ1n) is 6.28. The van der Waals surface area contributed by atoms with E-state index in [1.54, 1.807) is 24.3 Å². The van der Waals surface area contributed by atoms with Crippen molar-refractivity contribution in [1.82, 2.24) is 0 Å². The highest BCUT2D eigenvalue weighted by Gasteiger charge is 2.28. The number of anilines is 1. The molecule has 0 saturated heterocycles.